The molecule has 0 saturated heterocycles. The maximum Gasteiger partial charge on any atom is 0.0546 e. The summed E-state index contributed by atoms with van der Waals surface area (Å²) in [6.07, 6.45) is 4.12. The third-order valence-corrected chi connectivity index (χ3v) is 2.58. The second-order valence-corrected chi connectivity index (χ2v) is 4.50. The van der Waals surface area contributed by atoms with Crippen LogP contribution in [0.4, 0.5) is 0 Å². The molecule has 2 unspecified atom stereocenters. The van der Waals surface area contributed by atoms with Crippen LogP contribution in [-0.2, 0) is 4.74 Å². The number of hydrogen-bond acceptors (Lipinski definition) is 2. The van der Waals surface area contributed by atoms with Crippen molar-refractivity contribution in [2.75, 3.05) is 13.7 Å². The van der Waals surface area contributed by atoms with E-state index < -0.39 is 0 Å². The lowest BCUT2D eigenvalue weighted by molar-refractivity contribution is 0.0927. The first-order valence-corrected chi connectivity index (χ1v) is 5.86. The lowest BCUT2D eigenvalue weighted by atomic mass is 9.96. The SMILES string of the molecule is CCCC(CNC(C)C)CC(C)OC. The predicted molar refractivity (Wildman–Crippen MR) is 62.6 cm³/mol. The van der Waals surface area contributed by atoms with Gasteiger partial charge in [-0.1, -0.05) is 27.2 Å². The van der Waals surface area contributed by atoms with Crippen LogP contribution in [-0.4, -0.2) is 25.8 Å². The normalized spacial score (nSPS) is 15.9. The molecule has 0 spiro atoms. The van der Waals surface area contributed by atoms with Crippen molar-refractivity contribution in [3.63, 3.8) is 0 Å². The van der Waals surface area contributed by atoms with Crippen LogP contribution in [0.25, 0.3) is 0 Å². The van der Waals surface area contributed by atoms with Gasteiger partial charge in [0.05, 0.1) is 6.10 Å². The van der Waals surface area contributed by atoms with E-state index in [4.69, 9.17) is 4.74 Å². The molecule has 0 aromatic carbocycles. The number of nitrogens with one attached hydrogen (secondary N) is 1. The molecule has 0 aliphatic rings. The summed E-state index contributed by atoms with van der Waals surface area (Å²) in [6.45, 7) is 9.92. The Morgan fingerprint density at radius 3 is 2.29 bits per heavy atom. The molecule has 0 saturated carbocycles. The monoisotopic (exact) mass is 201 g/mol. The van der Waals surface area contributed by atoms with Gasteiger partial charge in [0, 0.05) is 13.2 Å². The zero-order valence-electron chi connectivity index (χ0n) is 10.5. The fourth-order valence-electron chi connectivity index (χ4n) is 1.68. The smallest absolute Gasteiger partial charge is 0.0546 e. The van der Waals surface area contributed by atoms with E-state index in [-0.39, 0.29) is 0 Å². The Kier molecular flexibility index (Phi) is 8.20. The van der Waals surface area contributed by atoms with E-state index >= 15 is 0 Å². The van der Waals surface area contributed by atoms with Crippen LogP contribution in [0.3, 0.4) is 0 Å². The highest BCUT2D eigenvalue weighted by atomic mass is 16.5. The van der Waals surface area contributed by atoms with Crippen LogP contribution < -0.4 is 5.32 Å². The molecule has 2 nitrogen and oxygen atoms in total. The summed E-state index contributed by atoms with van der Waals surface area (Å²) < 4.78 is 5.31. The van der Waals surface area contributed by atoms with Gasteiger partial charge >= 0.3 is 0 Å². The fourth-order valence-corrected chi connectivity index (χ4v) is 1.68. The van der Waals surface area contributed by atoms with Crippen molar-refractivity contribution in [3.05, 3.63) is 0 Å². The Morgan fingerprint density at radius 1 is 1.21 bits per heavy atom. The Morgan fingerprint density at radius 2 is 1.86 bits per heavy atom. The van der Waals surface area contributed by atoms with E-state index in [1.807, 2.05) is 0 Å². The summed E-state index contributed by atoms with van der Waals surface area (Å²) >= 11 is 0. The molecule has 2 heteroatoms. The standard InChI is InChI=1S/C12H27NO/c1-6-7-12(8-11(4)14-5)9-13-10(2)3/h10-13H,6-9H2,1-5H3. The molecule has 0 aliphatic carbocycles. The summed E-state index contributed by atoms with van der Waals surface area (Å²) in [5, 5.41) is 3.50. The molecule has 0 rings (SSSR count). The van der Waals surface area contributed by atoms with Gasteiger partial charge in [0.15, 0.2) is 0 Å². The van der Waals surface area contributed by atoms with E-state index in [2.05, 4.69) is 33.0 Å². The van der Waals surface area contributed by atoms with Gasteiger partial charge in [0.2, 0.25) is 0 Å². The number of hydrogen-bond donors (Lipinski definition) is 1. The van der Waals surface area contributed by atoms with Gasteiger partial charge < -0.3 is 10.1 Å². The third kappa shape index (κ3) is 7.34. The van der Waals surface area contributed by atoms with Crippen molar-refractivity contribution in [2.45, 2.75) is 59.1 Å². The molecular weight excluding hydrogens is 174 g/mol. The summed E-state index contributed by atoms with van der Waals surface area (Å²) in [6, 6.07) is 0.590. The molecule has 1 N–H and O–H groups in total. The molecular formula is C12H27NO. The number of ether oxygens (including phenoxy) is 1. The Labute approximate surface area is 89.4 Å². The fraction of sp³-hybridized carbons (Fsp3) is 1.00. The molecule has 0 aromatic heterocycles. The summed E-state index contributed by atoms with van der Waals surface area (Å²) in [5.74, 6) is 0.761. The molecule has 0 fully saturated rings. The van der Waals surface area contributed by atoms with Crippen molar-refractivity contribution in [1.82, 2.24) is 5.32 Å². The Hall–Kier alpha value is -0.0800. The third-order valence-electron chi connectivity index (χ3n) is 2.58. The highest BCUT2D eigenvalue weighted by molar-refractivity contribution is 4.67. The Balaban J connectivity index is 3.76. The highest BCUT2D eigenvalue weighted by Gasteiger charge is 2.12. The van der Waals surface area contributed by atoms with Crippen LogP contribution in [0.2, 0.25) is 0 Å². The van der Waals surface area contributed by atoms with Crippen molar-refractivity contribution >= 4 is 0 Å². The zero-order chi connectivity index (χ0) is 11.0. The van der Waals surface area contributed by atoms with Crippen molar-refractivity contribution in [3.8, 4) is 0 Å². The van der Waals surface area contributed by atoms with Gasteiger partial charge in [0.25, 0.3) is 0 Å². The molecule has 0 amide bonds. The van der Waals surface area contributed by atoms with Gasteiger partial charge in [-0.15, -0.1) is 0 Å². The minimum Gasteiger partial charge on any atom is -0.382 e. The molecule has 0 radical (unpaired) electrons. The topological polar surface area (TPSA) is 21.3 Å². The van der Waals surface area contributed by atoms with Gasteiger partial charge in [-0.2, -0.15) is 0 Å². The molecule has 14 heavy (non-hydrogen) atoms. The molecule has 0 aromatic rings. The van der Waals surface area contributed by atoms with E-state index in [9.17, 15) is 0 Å². The van der Waals surface area contributed by atoms with Crippen molar-refractivity contribution in [2.24, 2.45) is 5.92 Å². The van der Waals surface area contributed by atoms with Crippen LogP contribution in [0.5, 0.6) is 0 Å². The first-order chi connectivity index (χ1) is 6.60. The van der Waals surface area contributed by atoms with Crippen LogP contribution in [0.15, 0.2) is 0 Å². The van der Waals surface area contributed by atoms with E-state index in [1.165, 1.54) is 19.3 Å². The lowest BCUT2D eigenvalue weighted by Gasteiger charge is -2.21. The van der Waals surface area contributed by atoms with Gasteiger partial charge in [0.1, 0.15) is 0 Å². The second-order valence-electron chi connectivity index (χ2n) is 4.50. The van der Waals surface area contributed by atoms with Crippen molar-refractivity contribution in [1.29, 1.82) is 0 Å². The van der Waals surface area contributed by atoms with E-state index in [1.54, 1.807) is 7.11 Å². The van der Waals surface area contributed by atoms with E-state index in [0.717, 1.165) is 12.5 Å². The molecule has 2 atom stereocenters. The lowest BCUT2D eigenvalue weighted by Crippen LogP contribution is -2.30. The summed E-state index contributed by atoms with van der Waals surface area (Å²) in [7, 11) is 1.80. The van der Waals surface area contributed by atoms with Gasteiger partial charge in [-0.3, -0.25) is 0 Å². The quantitative estimate of drug-likeness (QED) is 0.652. The maximum absolute atomic E-state index is 5.31. The van der Waals surface area contributed by atoms with Crippen LogP contribution in [0.1, 0.15) is 47.0 Å². The van der Waals surface area contributed by atoms with Gasteiger partial charge in [-0.05, 0) is 32.2 Å². The van der Waals surface area contributed by atoms with E-state index in [0.29, 0.717) is 12.1 Å². The van der Waals surface area contributed by atoms with Gasteiger partial charge in [-0.25, -0.2) is 0 Å². The highest BCUT2D eigenvalue weighted by Crippen LogP contribution is 2.14. The summed E-state index contributed by atoms with van der Waals surface area (Å²) in [4.78, 5) is 0. The minimum atomic E-state index is 0.389. The Bertz CT molecular complexity index is 125. The van der Waals surface area contributed by atoms with Crippen molar-refractivity contribution < 1.29 is 4.74 Å². The number of rotatable bonds is 8. The molecule has 0 bridgehead atoms. The maximum atomic E-state index is 5.31. The van der Waals surface area contributed by atoms with Crippen LogP contribution in [0, 0.1) is 5.92 Å². The zero-order valence-corrected chi connectivity index (χ0v) is 10.5. The second kappa shape index (κ2) is 8.25. The predicted octanol–water partition coefficient (Wildman–Crippen LogP) is 2.83. The average Bonchev–Trinajstić information content (AvgIpc) is 2.14. The molecule has 0 heterocycles. The minimum absolute atomic E-state index is 0.389. The molecule has 86 valence electrons. The first-order valence-electron chi connectivity index (χ1n) is 5.86. The summed E-state index contributed by atoms with van der Waals surface area (Å²) in [5.41, 5.74) is 0. The largest absolute Gasteiger partial charge is 0.382 e. The number of methoxy groups -OCH3 is 1. The molecule has 0 aliphatic heterocycles. The van der Waals surface area contributed by atoms with Crippen LogP contribution >= 0.6 is 0 Å². The average molecular weight is 201 g/mol. The first kappa shape index (κ1) is 13.9.